The molecule has 2 aromatic carbocycles. The molecule has 0 radical (unpaired) electrons. The number of carbonyl (C=O) groups excluding carboxylic acids is 1. The number of hydrogen-bond acceptors (Lipinski definition) is 2. The Morgan fingerprint density at radius 3 is 2.18 bits per heavy atom. The van der Waals surface area contributed by atoms with Crippen LogP contribution in [0.4, 0.5) is 5.69 Å². The van der Waals surface area contributed by atoms with Gasteiger partial charge in [0.25, 0.3) is 0 Å². The second kappa shape index (κ2) is 8.23. The van der Waals surface area contributed by atoms with Crippen molar-refractivity contribution in [2.45, 2.75) is 33.1 Å². The van der Waals surface area contributed by atoms with E-state index in [2.05, 4.69) is 24.4 Å². The van der Waals surface area contributed by atoms with Crippen molar-refractivity contribution in [3.63, 3.8) is 0 Å². The minimum atomic E-state index is -0.00704. The maximum Gasteiger partial charge on any atom is 0.228 e. The highest BCUT2D eigenvalue weighted by Crippen LogP contribution is 2.14. The third kappa shape index (κ3) is 4.92. The number of hydrogen-bond donors (Lipinski definition) is 1. The van der Waals surface area contributed by atoms with Crippen LogP contribution in [0.1, 0.15) is 31.4 Å². The number of anilines is 1. The fraction of sp³-hybridized carbons (Fsp3) is 0.316. The van der Waals surface area contributed by atoms with Gasteiger partial charge in [0.1, 0.15) is 5.75 Å². The van der Waals surface area contributed by atoms with Crippen LogP contribution in [0.15, 0.2) is 48.5 Å². The molecule has 0 fully saturated rings. The van der Waals surface area contributed by atoms with Crippen LogP contribution in [-0.2, 0) is 17.6 Å². The first-order valence-electron chi connectivity index (χ1n) is 7.81. The van der Waals surface area contributed by atoms with Gasteiger partial charge in [-0.3, -0.25) is 4.79 Å². The molecule has 1 amide bonds. The zero-order valence-corrected chi connectivity index (χ0v) is 13.3. The average Bonchev–Trinajstić information content (AvgIpc) is 2.52. The predicted molar refractivity (Wildman–Crippen MR) is 90.4 cm³/mol. The molecule has 0 saturated carbocycles. The number of rotatable bonds is 7. The lowest BCUT2D eigenvalue weighted by Crippen LogP contribution is -2.14. The first-order valence-corrected chi connectivity index (χ1v) is 7.81. The van der Waals surface area contributed by atoms with E-state index in [0.29, 0.717) is 13.0 Å². The highest BCUT2D eigenvalue weighted by Gasteiger charge is 2.04. The van der Waals surface area contributed by atoms with E-state index in [1.165, 1.54) is 5.56 Å². The fourth-order valence-electron chi connectivity index (χ4n) is 2.30. The summed E-state index contributed by atoms with van der Waals surface area (Å²) in [4.78, 5) is 12.1. The summed E-state index contributed by atoms with van der Waals surface area (Å²) < 4.78 is 5.39. The van der Waals surface area contributed by atoms with Crippen molar-refractivity contribution in [3.8, 4) is 5.75 Å². The minimum Gasteiger partial charge on any atom is -0.494 e. The molecule has 0 unspecified atom stereocenters. The highest BCUT2D eigenvalue weighted by atomic mass is 16.5. The summed E-state index contributed by atoms with van der Waals surface area (Å²) in [6.45, 7) is 4.76. The van der Waals surface area contributed by atoms with Crippen LogP contribution >= 0.6 is 0 Å². The molecule has 0 aliphatic carbocycles. The largest absolute Gasteiger partial charge is 0.494 e. The summed E-state index contributed by atoms with van der Waals surface area (Å²) in [5.74, 6) is 0.825. The van der Waals surface area contributed by atoms with Crippen LogP contribution in [-0.4, -0.2) is 12.5 Å². The van der Waals surface area contributed by atoms with Crippen molar-refractivity contribution in [3.05, 3.63) is 59.7 Å². The van der Waals surface area contributed by atoms with Gasteiger partial charge in [0.15, 0.2) is 0 Å². The molecular formula is C19H23NO2. The molecule has 0 bridgehead atoms. The third-order valence-corrected chi connectivity index (χ3v) is 3.38. The number of carbonyl (C=O) groups is 1. The van der Waals surface area contributed by atoms with Crippen LogP contribution < -0.4 is 10.1 Å². The number of aryl methyl sites for hydroxylation is 1. The number of amides is 1. The summed E-state index contributed by atoms with van der Waals surface area (Å²) in [7, 11) is 0. The lowest BCUT2D eigenvalue weighted by atomic mass is 10.1. The smallest absolute Gasteiger partial charge is 0.228 e. The molecule has 116 valence electrons. The van der Waals surface area contributed by atoms with Crippen LogP contribution in [0.2, 0.25) is 0 Å². The highest BCUT2D eigenvalue weighted by molar-refractivity contribution is 5.92. The van der Waals surface area contributed by atoms with E-state index in [0.717, 1.165) is 29.8 Å². The molecule has 0 atom stereocenters. The molecule has 2 aromatic rings. The summed E-state index contributed by atoms with van der Waals surface area (Å²) in [5.41, 5.74) is 3.12. The molecule has 0 aromatic heterocycles. The van der Waals surface area contributed by atoms with Gasteiger partial charge < -0.3 is 10.1 Å². The molecule has 2 rings (SSSR count). The van der Waals surface area contributed by atoms with Crippen LogP contribution in [0, 0.1) is 0 Å². The molecule has 0 aliphatic rings. The van der Waals surface area contributed by atoms with E-state index in [-0.39, 0.29) is 5.91 Å². The van der Waals surface area contributed by atoms with E-state index in [9.17, 15) is 4.79 Å². The Bertz CT molecular complexity index is 534. The number of nitrogens with one attached hydrogen (secondary N) is 1. The predicted octanol–water partition coefficient (Wildman–Crippen LogP) is 4.22. The van der Waals surface area contributed by atoms with Crippen molar-refractivity contribution in [2.24, 2.45) is 0 Å². The monoisotopic (exact) mass is 297 g/mol. The summed E-state index contributed by atoms with van der Waals surface area (Å²) in [5, 5.41) is 2.93. The standard InChI is InChI=1S/C19H23NO2/c1-3-5-15-6-10-17(11-7-15)20-19(21)14-16-8-12-18(13-9-16)22-4-2/h6-13H,3-5,14H2,1-2H3,(H,20,21). The number of ether oxygens (including phenoxy) is 1. The Kier molecular flexibility index (Phi) is 6.01. The van der Waals surface area contributed by atoms with Crippen molar-refractivity contribution in [2.75, 3.05) is 11.9 Å². The van der Waals surface area contributed by atoms with E-state index < -0.39 is 0 Å². The van der Waals surface area contributed by atoms with Gasteiger partial charge in [0.2, 0.25) is 5.91 Å². The quantitative estimate of drug-likeness (QED) is 0.831. The van der Waals surface area contributed by atoms with Gasteiger partial charge in [-0.15, -0.1) is 0 Å². The summed E-state index contributed by atoms with van der Waals surface area (Å²) >= 11 is 0. The molecule has 3 nitrogen and oxygen atoms in total. The van der Waals surface area contributed by atoms with Crippen molar-refractivity contribution in [1.82, 2.24) is 0 Å². The third-order valence-electron chi connectivity index (χ3n) is 3.38. The second-order valence-electron chi connectivity index (χ2n) is 5.25. The van der Waals surface area contributed by atoms with Gasteiger partial charge in [0, 0.05) is 5.69 Å². The Balaban J connectivity index is 1.89. The van der Waals surface area contributed by atoms with E-state index in [1.54, 1.807) is 0 Å². The van der Waals surface area contributed by atoms with Gasteiger partial charge in [-0.1, -0.05) is 37.6 Å². The van der Waals surface area contributed by atoms with Crippen molar-refractivity contribution in [1.29, 1.82) is 0 Å². The van der Waals surface area contributed by atoms with Gasteiger partial charge in [0.05, 0.1) is 13.0 Å². The van der Waals surface area contributed by atoms with Gasteiger partial charge in [-0.05, 0) is 48.7 Å². The Labute approximate surface area is 132 Å². The van der Waals surface area contributed by atoms with E-state index in [1.807, 2.05) is 43.3 Å². The lowest BCUT2D eigenvalue weighted by Gasteiger charge is -2.07. The maximum atomic E-state index is 12.1. The van der Waals surface area contributed by atoms with Gasteiger partial charge in [-0.2, -0.15) is 0 Å². The Morgan fingerprint density at radius 1 is 0.955 bits per heavy atom. The molecule has 0 heterocycles. The lowest BCUT2D eigenvalue weighted by molar-refractivity contribution is -0.115. The van der Waals surface area contributed by atoms with Crippen LogP contribution in [0.3, 0.4) is 0 Å². The molecule has 1 N–H and O–H groups in total. The maximum absolute atomic E-state index is 12.1. The minimum absolute atomic E-state index is 0.00704. The molecule has 22 heavy (non-hydrogen) atoms. The normalized spacial score (nSPS) is 10.3. The van der Waals surface area contributed by atoms with Crippen molar-refractivity contribution >= 4 is 11.6 Å². The van der Waals surface area contributed by atoms with E-state index in [4.69, 9.17) is 4.74 Å². The Morgan fingerprint density at radius 2 is 1.59 bits per heavy atom. The zero-order chi connectivity index (χ0) is 15.8. The molecule has 0 aliphatic heterocycles. The van der Waals surface area contributed by atoms with Gasteiger partial charge in [-0.25, -0.2) is 0 Å². The molecule has 0 spiro atoms. The Hall–Kier alpha value is -2.29. The van der Waals surface area contributed by atoms with Gasteiger partial charge >= 0.3 is 0 Å². The topological polar surface area (TPSA) is 38.3 Å². The first kappa shape index (κ1) is 16.1. The summed E-state index contributed by atoms with van der Waals surface area (Å²) in [6.07, 6.45) is 2.56. The second-order valence-corrected chi connectivity index (χ2v) is 5.25. The van der Waals surface area contributed by atoms with Crippen LogP contribution in [0.5, 0.6) is 5.75 Å². The molecular weight excluding hydrogens is 274 g/mol. The first-order chi connectivity index (χ1) is 10.7. The fourth-order valence-corrected chi connectivity index (χ4v) is 2.30. The molecule has 3 heteroatoms. The van der Waals surface area contributed by atoms with E-state index >= 15 is 0 Å². The molecule has 0 saturated heterocycles. The summed E-state index contributed by atoms with van der Waals surface area (Å²) in [6, 6.07) is 15.7. The number of benzene rings is 2. The SMILES string of the molecule is CCCc1ccc(NC(=O)Cc2ccc(OCC)cc2)cc1. The van der Waals surface area contributed by atoms with Crippen molar-refractivity contribution < 1.29 is 9.53 Å². The zero-order valence-electron chi connectivity index (χ0n) is 13.3. The average molecular weight is 297 g/mol. The van der Waals surface area contributed by atoms with Crippen LogP contribution in [0.25, 0.3) is 0 Å².